The van der Waals surface area contributed by atoms with E-state index in [1.54, 1.807) is 12.1 Å². The van der Waals surface area contributed by atoms with E-state index in [0.29, 0.717) is 23.6 Å². The molecule has 1 N–H and O–H groups in total. The lowest BCUT2D eigenvalue weighted by molar-refractivity contribution is 0.308. The molecule has 0 aromatic heterocycles. The van der Waals surface area contributed by atoms with Crippen LogP contribution in [0.15, 0.2) is 58.3 Å². The molecule has 0 bridgehead atoms. The highest BCUT2D eigenvalue weighted by Crippen LogP contribution is 2.23. The second-order valence-corrected chi connectivity index (χ2v) is 10.5. The Morgan fingerprint density at radius 1 is 0.929 bits per heavy atom. The predicted octanol–water partition coefficient (Wildman–Crippen LogP) is 2.48. The molecule has 152 valence electrons. The number of hydrogen-bond acceptors (Lipinski definition) is 5. The van der Waals surface area contributed by atoms with Crippen LogP contribution in [-0.4, -0.2) is 47.4 Å². The summed E-state index contributed by atoms with van der Waals surface area (Å²) in [5.41, 5.74) is 0. The van der Waals surface area contributed by atoms with Crippen LogP contribution >= 0.6 is 11.6 Å². The molecular weight excluding hydrogens is 424 g/mol. The van der Waals surface area contributed by atoms with E-state index < -0.39 is 20.0 Å². The van der Waals surface area contributed by atoms with E-state index in [1.165, 1.54) is 47.8 Å². The molecule has 2 aromatic carbocycles. The largest absolute Gasteiger partial charge is 0.497 e. The lowest BCUT2D eigenvalue weighted by Crippen LogP contribution is -2.46. The first-order chi connectivity index (χ1) is 13.2. The van der Waals surface area contributed by atoms with Crippen LogP contribution in [0.5, 0.6) is 5.75 Å². The van der Waals surface area contributed by atoms with Gasteiger partial charge in [0.1, 0.15) is 5.75 Å². The number of benzene rings is 2. The maximum absolute atomic E-state index is 12.7. The van der Waals surface area contributed by atoms with Crippen molar-refractivity contribution >= 4 is 31.6 Å². The molecule has 1 aliphatic rings. The first-order valence-corrected chi connectivity index (χ1v) is 11.9. The minimum Gasteiger partial charge on any atom is -0.497 e. The van der Waals surface area contributed by atoms with Gasteiger partial charge in [0.2, 0.25) is 20.0 Å². The molecule has 28 heavy (non-hydrogen) atoms. The van der Waals surface area contributed by atoms with E-state index >= 15 is 0 Å². The molecule has 0 atom stereocenters. The molecule has 10 heteroatoms. The van der Waals surface area contributed by atoms with E-state index in [2.05, 4.69) is 4.72 Å². The first-order valence-electron chi connectivity index (χ1n) is 8.64. The van der Waals surface area contributed by atoms with E-state index in [0.717, 1.165) is 0 Å². The fraction of sp³-hybridized carbons (Fsp3) is 0.333. The molecule has 2 aromatic rings. The molecule has 0 spiro atoms. The van der Waals surface area contributed by atoms with Crippen LogP contribution < -0.4 is 9.46 Å². The minimum atomic E-state index is -3.68. The summed E-state index contributed by atoms with van der Waals surface area (Å²) in [6, 6.07) is 11.8. The first kappa shape index (κ1) is 21.1. The van der Waals surface area contributed by atoms with Gasteiger partial charge in [-0.2, -0.15) is 4.31 Å². The van der Waals surface area contributed by atoms with Gasteiger partial charge in [-0.3, -0.25) is 0 Å². The van der Waals surface area contributed by atoms with E-state index in [4.69, 9.17) is 16.3 Å². The summed E-state index contributed by atoms with van der Waals surface area (Å²) in [6.45, 7) is 0.474. The molecule has 1 heterocycles. The third-order valence-electron chi connectivity index (χ3n) is 4.60. The Hall–Kier alpha value is -1.65. The zero-order valence-corrected chi connectivity index (χ0v) is 17.6. The van der Waals surface area contributed by atoms with Crippen molar-refractivity contribution < 1.29 is 21.6 Å². The van der Waals surface area contributed by atoms with Gasteiger partial charge in [-0.05, 0) is 61.4 Å². The van der Waals surface area contributed by atoms with Crippen LogP contribution in [0.1, 0.15) is 12.8 Å². The van der Waals surface area contributed by atoms with Crippen LogP contribution in [0, 0.1) is 0 Å². The van der Waals surface area contributed by atoms with Crippen molar-refractivity contribution in [2.75, 3.05) is 20.2 Å². The van der Waals surface area contributed by atoms with E-state index in [9.17, 15) is 16.8 Å². The van der Waals surface area contributed by atoms with E-state index in [1.807, 2.05) is 0 Å². The minimum absolute atomic E-state index is 0.143. The normalized spacial score (nSPS) is 16.8. The Labute approximate surface area is 170 Å². The highest BCUT2D eigenvalue weighted by atomic mass is 35.5. The van der Waals surface area contributed by atoms with Gasteiger partial charge >= 0.3 is 0 Å². The number of hydrogen-bond donors (Lipinski definition) is 1. The van der Waals surface area contributed by atoms with Crippen LogP contribution in [0.3, 0.4) is 0 Å². The highest BCUT2D eigenvalue weighted by Gasteiger charge is 2.31. The summed E-state index contributed by atoms with van der Waals surface area (Å²) in [6.07, 6.45) is 0.782. The van der Waals surface area contributed by atoms with Gasteiger partial charge in [-0.25, -0.2) is 21.6 Å². The summed E-state index contributed by atoms with van der Waals surface area (Å²) >= 11 is 5.82. The van der Waals surface area contributed by atoms with Crippen molar-refractivity contribution in [2.45, 2.75) is 28.7 Å². The predicted molar refractivity (Wildman–Crippen MR) is 107 cm³/mol. The number of sulfonamides is 2. The summed E-state index contributed by atoms with van der Waals surface area (Å²) in [5.74, 6) is 0.569. The maximum Gasteiger partial charge on any atom is 0.243 e. The van der Waals surface area contributed by atoms with Gasteiger partial charge < -0.3 is 4.74 Å². The fourth-order valence-corrected chi connectivity index (χ4v) is 5.91. The molecule has 0 unspecified atom stereocenters. The molecule has 0 saturated carbocycles. The molecule has 0 aliphatic carbocycles. The lowest BCUT2D eigenvalue weighted by Gasteiger charge is -2.31. The Kier molecular flexibility index (Phi) is 6.31. The standard InChI is InChI=1S/C18H21ClN2O5S2/c1-26-16-4-8-17(9-5-16)27(22,23)20-15-10-12-21(13-11-15)28(24,25)18-6-2-14(19)3-7-18/h2-9,15,20H,10-13H2,1H3. The molecule has 0 amide bonds. The quantitative estimate of drug-likeness (QED) is 0.738. The number of halogens is 1. The van der Waals surface area contributed by atoms with Crippen LogP contribution in [-0.2, 0) is 20.0 Å². The monoisotopic (exact) mass is 444 g/mol. The summed E-state index contributed by atoms with van der Waals surface area (Å²) < 4.78 is 59.5. The van der Waals surface area contributed by atoms with Crippen molar-refractivity contribution in [3.05, 3.63) is 53.6 Å². The van der Waals surface area contributed by atoms with Crippen molar-refractivity contribution in [3.63, 3.8) is 0 Å². The van der Waals surface area contributed by atoms with Crippen molar-refractivity contribution in [1.29, 1.82) is 0 Å². The van der Waals surface area contributed by atoms with E-state index in [-0.39, 0.29) is 28.9 Å². The summed E-state index contributed by atoms with van der Waals surface area (Å²) in [5, 5.41) is 0.464. The number of piperidine rings is 1. The average molecular weight is 445 g/mol. The van der Waals surface area contributed by atoms with Gasteiger partial charge in [-0.1, -0.05) is 11.6 Å². The Morgan fingerprint density at radius 2 is 1.46 bits per heavy atom. The smallest absolute Gasteiger partial charge is 0.243 e. The van der Waals surface area contributed by atoms with Crippen LogP contribution in [0.2, 0.25) is 5.02 Å². The molecule has 7 nitrogen and oxygen atoms in total. The zero-order chi connectivity index (χ0) is 20.4. The number of ether oxygens (including phenoxy) is 1. The number of methoxy groups -OCH3 is 1. The van der Waals surface area contributed by atoms with Gasteiger partial charge in [0, 0.05) is 24.2 Å². The summed E-state index contributed by atoms with van der Waals surface area (Å²) in [4.78, 5) is 0.318. The average Bonchev–Trinajstić information content (AvgIpc) is 2.68. The Morgan fingerprint density at radius 3 is 2.00 bits per heavy atom. The van der Waals surface area contributed by atoms with Crippen molar-refractivity contribution in [2.24, 2.45) is 0 Å². The van der Waals surface area contributed by atoms with Crippen LogP contribution in [0.4, 0.5) is 0 Å². The van der Waals surface area contributed by atoms with Crippen molar-refractivity contribution in [3.8, 4) is 5.75 Å². The second kappa shape index (κ2) is 8.38. The molecule has 1 aliphatic heterocycles. The molecular formula is C18H21ClN2O5S2. The van der Waals surface area contributed by atoms with Crippen LogP contribution in [0.25, 0.3) is 0 Å². The second-order valence-electron chi connectivity index (χ2n) is 6.43. The number of nitrogens with one attached hydrogen (secondary N) is 1. The van der Waals surface area contributed by atoms with Gasteiger partial charge in [0.25, 0.3) is 0 Å². The topological polar surface area (TPSA) is 92.8 Å². The third kappa shape index (κ3) is 4.66. The SMILES string of the molecule is COc1ccc(S(=O)(=O)NC2CCN(S(=O)(=O)c3ccc(Cl)cc3)CC2)cc1. The maximum atomic E-state index is 12.7. The van der Waals surface area contributed by atoms with Crippen molar-refractivity contribution in [1.82, 2.24) is 9.03 Å². The molecule has 1 fully saturated rings. The Bertz CT molecular complexity index is 1010. The molecule has 3 rings (SSSR count). The summed E-state index contributed by atoms with van der Waals surface area (Å²) in [7, 11) is -5.80. The van der Waals surface area contributed by atoms with Gasteiger partial charge in [-0.15, -0.1) is 0 Å². The molecule has 1 saturated heterocycles. The number of nitrogens with zero attached hydrogens (tertiary/aromatic N) is 1. The van der Waals surface area contributed by atoms with Gasteiger partial charge in [0.15, 0.2) is 0 Å². The lowest BCUT2D eigenvalue weighted by atomic mass is 10.1. The third-order valence-corrected chi connectivity index (χ3v) is 8.30. The van der Waals surface area contributed by atoms with Gasteiger partial charge in [0.05, 0.1) is 16.9 Å². The zero-order valence-electron chi connectivity index (χ0n) is 15.2. The Balaban J connectivity index is 1.64. The molecule has 0 radical (unpaired) electrons. The number of rotatable bonds is 6. The highest BCUT2D eigenvalue weighted by molar-refractivity contribution is 7.89. The fourth-order valence-electron chi connectivity index (χ4n) is 3.01.